The van der Waals surface area contributed by atoms with E-state index in [4.69, 9.17) is 0 Å². The zero-order chi connectivity index (χ0) is 15.4. The molecular formula is C15H28Cl2N6O. The highest BCUT2D eigenvalue weighted by atomic mass is 35.5. The molecule has 138 valence electrons. The number of carbonyl (C=O) groups is 1. The molecule has 0 aliphatic carbocycles. The van der Waals surface area contributed by atoms with Crippen LogP contribution in [0.2, 0.25) is 0 Å². The van der Waals surface area contributed by atoms with Crippen LogP contribution < -0.4 is 10.6 Å². The quantitative estimate of drug-likeness (QED) is 0.820. The second-order valence-electron chi connectivity index (χ2n) is 6.52. The van der Waals surface area contributed by atoms with E-state index >= 15 is 0 Å². The van der Waals surface area contributed by atoms with E-state index in [0.29, 0.717) is 17.7 Å². The van der Waals surface area contributed by atoms with Crippen LogP contribution in [0.15, 0.2) is 6.20 Å². The number of rotatable bonds is 4. The minimum Gasteiger partial charge on any atom is -0.350 e. The number of nitrogens with one attached hydrogen (secondary N) is 2. The monoisotopic (exact) mass is 378 g/mol. The Morgan fingerprint density at radius 2 is 1.92 bits per heavy atom. The van der Waals surface area contributed by atoms with Crippen molar-refractivity contribution in [2.75, 3.05) is 39.8 Å². The fraction of sp³-hybridized carbons (Fsp3) is 0.800. The van der Waals surface area contributed by atoms with Gasteiger partial charge in [-0.05, 0) is 64.8 Å². The van der Waals surface area contributed by atoms with Gasteiger partial charge in [0.05, 0.1) is 12.2 Å². The molecule has 2 fully saturated rings. The number of carbonyl (C=O) groups excluding carboxylic acids is 1. The molecule has 9 heteroatoms. The van der Waals surface area contributed by atoms with E-state index in [1.807, 2.05) is 4.68 Å². The third-order valence-corrected chi connectivity index (χ3v) is 4.82. The predicted molar refractivity (Wildman–Crippen MR) is 98.2 cm³/mol. The maximum absolute atomic E-state index is 12.2. The van der Waals surface area contributed by atoms with Crippen molar-refractivity contribution in [3.63, 3.8) is 0 Å². The molecule has 3 rings (SSSR count). The van der Waals surface area contributed by atoms with Crippen LogP contribution in [-0.2, 0) is 0 Å². The second kappa shape index (κ2) is 10.2. The van der Waals surface area contributed by atoms with Crippen molar-refractivity contribution in [3.05, 3.63) is 11.9 Å². The van der Waals surface area contributed by atoms with Gasteiger partial charge in [0.15, 0.2) is 5.69 Å². The summed E-state index contributed by atoms with van der Waals surface area (Å²) in [6.45, 7) is 4.98. The van der Waals surface area contributed by atoms with Gasteiger partial charge < -0.3 is 15.5 Å². The van der Waals surface area contributed by atoms with Gasteiger partial charge in [-0.3, -0.25) is 4.79 Å². The Hall–Kier alpha value is -0.890. The highest BCUT2D eigenvalue weighted by Gasteiger charge is 2.20. The van der Waals surface area contributed by atoms with Gasteiger partial charge in [-0.2, -0.15) is 0 Å². The molecular weight excluding hydrogens is 351 g/mol. The highest BCUT2D eigenvalue weighted by Crippen LogP contribution is 2.17. The van der Waals surface area contributed by atoms with Crippen molar-refractivity contribution in [2.24, 2.45) is 5.92 Å². The van der Waals surface area contributed by atoms with Gasteiger partial charge in [0.1, 0.15) is 0 Å². The van der Waals surface area contributed by atoms with E-state index in [-0.39, 0.29) is 30.7 Å². The normalized spacial score (nSPS) is 20.0. The smallest absolute Gasteiger partial charge is 0.273 e. The van der Waals surface area contributed by atoms with Gasteiger partial charge in [-0.1, -0.05) is 5.21 Å². The molecule has 2 aliphatic heterocycles. The Bertz CT molecular complexity index is 498. The van der Waals surface area contributed by atoms with Crippen LogP contribution >= 0.6 is 24.8 Å². The van der Waals surface area contributed by atoms with E-state index < -0.39 is 0 Å². The summed E-state index contributed by atoms with van der Waals surface area (Å²) in [5.74, 6) is 0.485. The van der Waals surface area contributed by atoms with Crippen molar-refractivity contribution in [3.8, 4) is 0 Å². The number of amides is 1. The summed E-state index contributed by atoms with van der Waals surface area (Å²) < 4.78 is 1.85. The van der Waals surface area contributed by atoms with Gasteiger partial charge >= 0.3 is 0 Å². The first-order valence-electron chi connectivity index (χ1n) is 8.31. The zero-order valence-corrected chi connectivity index (χ0v) is 15.7. The molecule has 0 bridgehead atoms. The molecule has 2 N–H and O–H groups in total. The third kappa shape index (κ3) is 5.58. The first kappa shape index (κ1) is 21.2. The number of nitrogens with zero attached hydrogens (tertiary/aromatic N) is 4. The number of aromatic nitrogens is 3. The average Bonchev–Trinajstić information content (AvgIpc) is 3.05. The predicted octanol–water partition coefficient (Wildman–Crippen LogP) is 1.12. The van der Waals surface area contributed by atoms with Gasteiger partial charge in [0.25, 0.3) is 5.91 Å². The second-order valence-corrected chi connectivity index (χ2v) is 6.52. The Kier molecular flexibility index (Phi) is 8.97. The van der Waals surface area contributed by atoms with Crippen LogP contribution in [0.5, 0.6) is 0 Å². The molecule has 3 heterocycles. The van der Waals surface area contributed by atoms with Crippen LogP contribution in [-0.4, -0.2) is 65.6 Å². The van der Waals surface area contributed by atoms with Crippen molar-refractivity contribution >= 4 is 30.7 Å². The van der Waals surface area contributed by atoms with Gasteiger partial charge in [-0.15, -0.1) is 29.9 Å². The van der Waals surface area contributed by atoms with E-state index in [0.717, 1.165) is 58.4 Å². The van der Waals surface area contributed by atoms with Crippen molar-refractivity contribution < 1.29 is 4.79 Å². The van der Waals surface area contributed by atoms with E-state index in [1.54, 1.807) is 6.20 Å². The Morgan fingerprint density at radius 3 is 2.58 bits per heavy atom. The minimum atomic E-state index is -0.0980. The summed E-state index contributed by atoms with van der Waals surface area (Å²) in [6, 6.07) is 0.365. The molecule has 1 aromatic rings. The Balaban J connectivity index is 0.00000144. The molecule has 2 saturated heterocycles. The molecule has 2 aliphatic rings. The largest absolute Gasteiger partial charge is 0.350 e. The van der Waals surface area contributed by atoms with Crippen LogP contribution in [0.3, 0.4) is 0 Å². The van der Waals surface area contributed by atoms with Crippen LogP contribution in [0, 0.1) is 5.92 Å². The summed E-state index contributed by atoms with van der Waals surface area (Å²) in [6.07, 6.45) is 6.18. The molecule has 7 nitrogen and oxygen atoms in total. The number of hydrogen-bond donors (Lipinski definition) is 2. The highest BCUT2D eigenvalue weighted by molar-refractivity contribution is 5.91. The molecule has 0 spiro atoms. The lowest BCUT2D eigenvalue weighted by atomic mass is 9.97. The number of likely N-dealkylation sites (tertiary alicyclic amines) is 1. The maximum Gasteiger partial charge on any atom is 0.273 e. The lowest BCUT2D eigenvalue weighted by Crippen LogP contribution is -2.37. The van der Waals surface area contributed by atoms with Crippen LogP contribution in [0.1, 0.15) is 42.2 Å². The van der Waals surface area contributed by atoms with Crippen molar-refractivity contribution in [1.82, 2.24) is 30.5 Å². The molecule has 0 atom stereocenters. The lowest BCUT2D eigenvalue weighted by molar-refractivity contribution is 0.0934. The molecule has 1 amide bonds. The summed E-state index contributed by atoms with van der Waals surface area (Å²) in [4.78, 5) is 14.5. The molecule has 0 saturated carbocycles. The third-order valence-electron chi connectivity index (χ3n) is 4.82. The average molecular weight is 379 g/mol. The molecule has 0 aromatic carbocycles. The number of halogens is 2. The van der Waals surface area contributed by atoms with Crippen LogP contribution in [0.25, 0.3) is 0 Å². The van der Waals surface area contributed by atoms with Crippen molar-refractivity contribution in [1.29, 1.82) is 0 Å². The van der Waals surface area contributed by atoms with E-state index in [9.17, 15) is 4.79 Å². The van der Waals surface area contributed by atoms with E-state index in [1.165, 1.54) is 0 Å². The Morgan fingerprint density at radius 1 is 1.25 bits per heavy atom. The minimum absolute atomic E-state index is 0. The first-order valence-corrected chi connectivity index (χ1v) is 8.31. The molecule has 0 radical (unpaired) electrons. The standard InChI is InChI=1S/C15H26N6O.2ClH/c1-20-8-4-12(5-9-20)10-17-15(22)14-11-21(19-18-14)13-2-6-16-7-3-13;;/h11-13,16H,2-10H2,1H3,(H,17,22);2*1H. The number of hydrogen-bond acceptors (Lipinski definition) is 5. The van der Waals surface area contributed by atoms with E-state index in [2.05, 4.69) is 32.9 Å². The summed E-state index contributed by atoms with van der Waals surface area (Å²) in [7, 11) is 2.15. The Labute approximate surface area is 155 Å². The first-order chi connectivity index (χ1) is 10.7. The molecule has 1 aromatic heterocycles. The SMILES string of the molecule is CN1CCC(CNC(=O)c2cn(C3CCNCC3)nn2)CC1.Cl.Cl. The lowest BCUT2D eigenvalue weighted by Gasteiger charge is -2.28. The maximum atomic E-state index is 12.2. The topological polar surface area (TPSA) is 75.1 Å². The van der Waals surface area contributed by atoms with Gasteiger partial charge in [-0.25, -0.2) is 4.68 Å². The van der Waals surface area contributed by atoms with Crippen LogP contribution in [0.4, 0.5) is 0 Å². The number of piperidine rings is 2. The fourth-order valence-electron chi connectivity index (χ4n) is 3.22. The molecule has 0 unspecified atom stereocenters. The van der Waals surface area contributed by atoms with Gasteiger partial charge in [0.2, 0.25) is 0 Å². The summed E-state index contributed by atoms with van der Waals surface area (Å²) in [5, 5.41) is 14.5. The zero-order valence-electron chi connectivity index (χ0n) is 14.1. The van der Waals surface area contributed by atoms with Gasteiger partial charge in [0, 0.05) is 6.54 Å². The summed E-state index contributed by atoms with van der Waals surface area (Å²) in [5.41, 5.74) is 0.437. The fourth-order valence-corrected chi connectivity index (χ4v) is 3.22. The van der Waals surface area contributed by atoms with Crippen molar-refractivity contribution in [2.45, 2.75) is 31.7 Å². The molecule has 24 heavy (non-hydrogen) atoms. The summed E-state index contributed by atoms with van der Waals surface area (Å²) >= 11 is 0.